The van der Waals surface area contributed by atoms with E-state index in [1.807, 2.05) is 0 Å². The summed E-state index contributed by atoms with van der Waals surface area (Å²) in [6.45, 7) is 6.55. The van der Waals surface area contributed by atoms with Gasteiger partial charge in [0.2, 0.25) is 0 Å². The summed E-state index contributed by atoms with van der Waals surface area (Å²) in [7, 11) is 0. The lowest BCUT2D eigenvalue weighted by Gasteiger charge is -2.18. The number of unbranched alkanes of at least 4 members (excludes halogenated alkanes) is 30. The summed E-state index contributed by atoms with van der Waals surface area (Å²) in [5.41, 5.74) is 0. The normalized spacial score (nSPS) is 12.7. The smallest absolute Gasteiger partial charge is 0.306 e. The molecule has 408 valence electrons. The Balaban J connectivity index is 4.46. The topological polar surface area (TPSA) is 78.9 Å². The zero-order chi connectivity index (χ0) is 51.4. The van der Waals surface area contributed by atoms with Crippen LogP contribution in [0.4, 0.5) is 0 Å². The number of carbonyl (C=O) groups excluding carboxylic acids is 3. The summed E-state index contributed by atoms with van der Waals surface area (Å²) in [6, 6.07) is 0. The molecule has 0 amide bonds. The van der Waals surface area contributed by atoms with Crippen LogP contribution in [-0.4, -0.2) is 37.2 Å². The third kappa shape index (κ3) is 57.4. The van der Waals surface area contributed by atoms with Gasteiger partial charge in [-0.15, -0.1) is 0 Å². The van der Waals surface area contributed by atoms with Gasteiger partial charge in [0.05, 0.1) is 0 Å². The zero-order valence-corrected chi connectivity index (χ0v) is 46.7. The minimum Gasteiger partial charge on any atom is -0.462 e. The van der Waals surface area contributed by atoms with E-state index >= 15 is 0 Å². The van der Waals surface area contributed by atoms with E-state index in [0.717, 1.165) is 70.6 Å². The fourth-order valence-corrected chi connectivity index (χ4v) is 8.30. The van der Waals surface area contributed by atoms with Crippen molar-refractivity contribution in [1.29, 1.82) is 0 Å². The standard InChI is InChI=1S/C65H112O6/c1-4-7-10-13-16-19-22-25-28-31-32-35-37-40-43-46-49-52-55-58-64(67)70-61-62(71-65(68)59-56-53-50-47-44-41-38-34-30-27-24-21-18-15-12-9-6-3)60-69-63(66)57-54-51-48-45-42-39-36-33-29-26-23-20-17-14-11-8-5-2/h16-17,19-20,22,25-27,29-30,38,41,47,50,62H,4-15,18,21,23-24,28,31-37,39-40,42-46,48-49,51-61H2,1-3H3/b19-16-,20-17-,25-22-,29-26-,30-27-,41-38-,50-47-. The molecule has 0 heterocycles. The molecule has 0 N–H and O–H groups in total. The Labute approximate surface area is 439 Å². The van der Waals surface area contributed by atoms with Crippen molar-refractivity contribution in [2.45, 2.75) is 297 Å². The Morgan fingerprint density at radius 2 is 0.563 bits per heavy atom. The van der Waals surface area contributed by atoms with E-state index in [2.05, 4.69) is 106 Å². The summed E-state index contributed by atoms with van der Waals surface area (Å²) < 4.78 is 16.8. The maximum atomic E-state index is 12.9. The molecule has 0 aliphatic heterocycles. The van der Waals surface area contributed by atoms with Crippen LogP contribution in [0.5, 0.6) is 0 Å². The quantitative estimate of drug-likeness (QED) is 0.0199. The van der Waals surface area contributed by atoms with E-state index < -0.39 is 6.10 Å². The highest BCUT2D eigenvalue weighted by molar-refractivity contribution is 5.71. The average Bonchev–Trinajstić information content (AvgIpc) is 3.37. The van der Waals surface area contributed by atoms with Crippen LogP contribution in [0.25, 0.3) is 0 Å². The first-order chi connectivity index (χ1) is 35.0. The largest absolute Gasteiger partial charge is 0.462 e. The number of ether oxygens (including phenoxy) is 3. The SMILES string of the molecule is CCCCC/C=C\C=C/CCCCCCCCCCCCC(=O)OCC(COC(=O)CCCCCCCCC/C=C\C/C=C\CCCCC)OC(=O)CCC/C=C\C/C=C\C/C=C\CCCCCCCC. The third-order valence-electron chi connectivity index (χ3n) is 12.9. The molecule has 0 aliphatic rings. The van der Waals surface area contributed by atoms with Crippen LogP contribution in [0.15, 0.2) is 85.1 Å². The van der Waals surface area contributed by atoms with Crippen molar-refractivity contribution in [1.82, 2.24) is 0 Å². The van der Waals surface area contributed by atoms with Crippen molar-refractivity contribution in [3.05, 3.63) is 85.1 Å². The second-order valence-corrected chi connectivity index (χ2v) is 19.9. The zero-order valence-electron chi connectivity index (χ0n) is 46.7. The third-order valence-corrected chi connectivity index (χ3v) is 12.9. The van der Waals surface area contributed by atoms with Gasteiger partial charge in [0.25, 0.3) is 0 Å². The molecular weight excluding hydrogens is 877 g/mol. The minimum absolute atomic E-state index is 0.100. The van der Waals surface area contributed by atoms with Gasteiger partial charge in [0, 0.05) is 19.3 Å². The molecule has 0 bridgehead atoms. The number of rotatable bonds is 54. The molecule has 0 saturated carbocycles. The van der Waals surface area contributed by atoms with Crippen molar-refractivity contribution in [3.8, 4) is 0 Å². The van der Waals surface area contributed by atoms with E-state index in [4.69, 9.17) is 14.2 Å². The van der Waals surface area contributed by atoms with Gasteiger partial charge in [-0.2, -0.15) is 0 Å². The summed E-state index contributed by atoms with van der Waals surface area (Å²) in [6.07, 6.45) is 77.2. The number of hydrogen-bond acceptors (Lipinski definition) is 6. The molecule has 71 heavy (non-hydrogen) atoms. The lowest BCUT2D eigenvalue weighted by molar-refractivity contribution is -0.167. The molecule has 0 spiro atoms. The van der Waals surface area contributed by atoms with Gasteiger partial charge in [-0.1, -0.05) is 247 Å². The lowest BCUT2D eigenvalue weighted by Crippen LogP contribution is -2.30. The van der Waals surface area contributed by atoms with Crippen LogP contribution in [0, 0.1) is 0 Å². The van der Waals surface area contributed by atoms with Crippen molar-refractivity contribution in [3.63, 3.8) is 0 Å². The van der Waals surface area contributed by atoms with Crippen LogP contribution >= 0.6 is 0 Å². The molecule has 1 unspecified atom stereocenters. The second kappa shape index (κ2) is 59.2. The van der Waals surface area contributed by atoms with Crippen LogP contribution < -0.4 is 0 Å². The monoisotopic (exact) mass is 989 g/mol. The maximum absolute atomic E-state index is 12.9. The van der Waals surface area contributed by atoms with Gasteiger partial charge in [-0.3, -0.25) is 14.4 Å². The van der Waals surface area contributed by atoms with Crippen molar-refractivity contribution in [2.75, 3.05) is 13.2 Å². The molecule has 0 aromatic heterocycles. The van der Waals surface area contributed by atoms with Crippen LogP contribution in [0.1, 0.15) is 290 Å². The van der Waals surface area contributed by atoms with E-state index in [1.165, 1.54) is 173 Å². The molecule has 1 atom stereocenters. The van der Waals surface area contributed by atoms with E-state index in [0.29, 0.717) is 19.3 Å². The molecule has 0 rings (SSSR count). The van der Waals surface area contributed by atoms with E-state index in [1.54, 1.807) is 0 Å². The Morgan fingerprint density at radius 3 is 0.944 bits per heavy atom. The molecule has 6 heteroatoms. The van der Waals surface area contributed by atoms with Crippen molar-refractivity contribution >= 4 is 17.9 Å². The first kappa shape index (κ1) is 67.6. The molecule has 0 aromatic rings. The molecular formula is C65H112O6. The predicted molar refractivity (Wildman–Crippen MR) is 307 cm³/mol. The van der Waals surface area contributed by atoms with Crippen LogP contribution in [-0.2, 0) is 28.6 Å². The van der Waals surface area contributed by atoms with Crippen molar-refractivity contribution < 1.29 is 28.6 Å². The molecule has 0 saturated heterocycles. The highest BCUT2D eigenvalue weighted by Gasteiger charge is 2.19. The fourth-order valence-electron chi connectivity index (χ4n) is 8.30. The molecule has 6 nitrogen and oxygen atoms in total. The molecule has 0 aliphatic carbocycles. The Kier molecular flexibility index (Phi) is 56.3. The van der Waals surface area contributed by atoms with Crippen molar-refractivity contribution in [2.24, 2.45) is 0 Å². The fraction of sp³-hybridized carbons (Fsp3) is 0.738. The summed E-state index contributed by atoms with van der Waals surface area (Å²) in [5.74, 6) is -0.957. The highest BCUT2D eigenvalue weighted by Crippen LogP contribution is 2.15. The average molecular weight is 990 g/mol. The number of esters is 3. The van der Waals surface area contributed by atoms with E-state index in [-0.39, 0.29) is 37.5 Å². The number of carbonyl (C=O) groups is 3. The van der Waals surface area contributed by atoms with Crippen LogP contribution in [0.3, 0.4) is 0 Å². The first-order valence-electron chi connectivity index (χ1n) is 30.1. The van der Waals surface area contributed by atoms with Gasteiger partial charge in [-0.25, -0.2) is 0 Å². The number of hydrogen-bond donors (Lipinski definition) is 0. The second-order valence-electron chi connectivity index (χ2n) is 19.9. The molecule has 0 aromatic carbocycles. The summed E-state index contributed by atoms with van der Waals surface area (Å²) >= 11 is 0. The maximum Gasteiger partial charge on any atom is 0.306 e. The predicted octanol–water partition coefficient (Wildman–Crippen LogP) is 20.3. The lowest BCUT2D eigenvalue weighted by atomic mass is 10.1. The number of allylic oxidation sites excluding steroid dienone is 14. The molecule has 0 radical (unpaired) electrons. The molecule has 0 fully saturated rings. The van der Waals surface area contributed by atoms with Gasteiger partial charge >= 0.3 is 17.9 Å². The minimum atomic E-state index is -0.809. The summed E-state index contributed by atoms with van der Waals surface area (Å²) in [5, 5.41) is 0. The van der Waals surface area contributed by atoms with Gasteiger partial charge in [0.15, 0.2) is 6.10 Å². The first-order valence-corrected chi connectivity index (χ1v) is 30.1. The Morgan fingerprint density at radius 1 is 0.296 bits per heavy atom. The highest BCUT2D eigenvalue weighted by atomic mass is 16.6. The van der Waals surface area contributed by atoms with E-state index in [9.17, 15) is 14.4 Å². The Bertz CT molecular complexity index is 1370. The van der Waals surface area contributed by atoms with Crippen LogP contribution in [0.2, 0.25) is 0 Å². The van der Waals surface area contributed by atoms with Gasteiger partial charge in [0.1, 0.15) is 13.2 Å². The van der Waals surface area contributed by atoms with Gasteiger partial charge in [-0.05, 0) is 109 Å². The van der Waals surface area contributed by atoms with Gasteiger partial charge < -0.3 is 14.2 Å². The summed E-state index contributed by atoms with van der Waals surface area (Å²) in [4.78, 5) is 38.2. The Hall–Kier alpha value is -3.41.